The molecule has 1 N–H and O–H groups in total. The van der Waals surface area contributed by atoms with Crippen molar-refractivity contribution >= 4 is 5.97 Å². The maximum atomic E-state index is 11.8. The van der Waals surface area contributed by atoms with Crippen LogP contribution in [0, 0.1) is 11.3 Å². The zero-order valence-corrected chi connectivity index (χ0v) is 10.2. The average Bonchev–Trinajstić information content (AvgIpc) is 2.25. The number of carbonyl (C=O) groups is 1. The standard InChI is InChI=1S/C13H15NO3/c1-13(2,3)17-12(16)11-5-4-9(8-15)6-10(11)7-14/h4-6,15H,8H2,1-3H3. The molecular weight excluding hydrogens is 218 g/mol. The fourth-order valence-corrected chi connectivity index (χ4v) is 1.29. The van der Waals surface area contributed by atoms with Gasteiger partial charge in [0.15, 0.2) is 0 Å². The summed E-state index contributed by atoms with van der Waals surface area (Å²) in [5.41, 5.74) is 0.429. The first kappa shape index (κ1) is 13.2. The molecule has 1 aromatic rings. The van der Waals surface area contributed by atoms with Crippen LogP contribution < -0.4 is 0 Å². The van der Waals surface area contributed by atoms with Gasteiger partial charge in [-0.25, -0.2) is 4.79 Å². The number of benzene rings is 1. The van der Waals surface area contributed by atoms with Crippen molar-refractivity contribution in [1.82, 2.24) is 0 Å². The number of nitriles is 1. The third-order valence-electron chi connectivity index (χ3n) is 2.01. The minimum atomic E-state index is -0.598. The zero-order chi connectivity index (χ0) is 13.1. The summed E-state index contributed by atoms with van der Waals surface area (Å²) >= 11 is 0. The molecule has 0 fully saturated rings. The lowest BCUT2D eigenvalue weighted by molar-refractivity contribution is 0.00691. The number of nitrogens with zero attached hydrogens (tertiary/aromatic N) is 1. The predicted octanol–water partition coefficient (Wildman–Crippen LogP) is 2.01. The molecule has 0 aliphatic carbocycles. The second-order valence-electron chi connectivity index (χ2n) is 4.65. The molecule has 0 radical (unpaired) electrons. The van der Waals surface area contributed by atoms with Crippen LogP contribution in [0.4, 0.5) is 0 Å². The van der Waals surface area contributed by atoms with Gasteiger partial charge in [0.25, 0.3) is 0 Å². The highest BCUT2D eigenvalue weighted by molar-refractivity contribution is 5.92. The number of hydrogen-bond donors (Lipinski definition) is 1. The van der Waals surface area contributed by atoms with Crippen LogP contribution in [0.15, 0.2) is 18.2 Å². The van der Waals surface area contributed by atoms with Gasteiger partial charge in [-0.05, 0) is 38.5 Å². The summed E-state index contributed by atoms with van der Waals surface area (Å²) in [7, 11) is 0. The summed E-state index contributed by atoms with van der Waals surface area (Å²) in [6.07, 6.45) is 0. The van der Waals surface area contributed by atoms with Crippen LogP contribution in [0.1, 0.15) is 42.3 Å². The van der Waals surface area contributed by atoms with E-state index < -0.39 is 11.6 Å². The quantitative estimate of drug-likeness (QED) is 0.793. The highest BCUT2D eigenvalue weighted by Crippen LogP contribution is 2.16. The third-order valence-corrected chi connectivity index (χ3v) is 2.01. The van der Waals surface area contributed by atoms with Gasteiger partial charge in [-0.3, -0.25) is 0 Å². The Morgan fingerprint density at radius 2 is 2.12 bits per heavy atom. The van der Waals surface area contributed by atoms with Crippen molar-refractivity contribution in [1.29, 1.82) is 5.26 Å². The highest BCUT2D eigenvalue weighted by atomic mass is 16.6. The Labute approximate surface area is 100 Å². The summed E-state index contributed by atoms with van der Waals surface area (Å²) in [5, 5.41) is 17.9. The predicted molar refractivity (Wildman–Crippen MR) is 62.2 cm³/mol. The van der Waals surface area contributed by atoms with Crippen LogP contribution in [0.25, 0.3) is 0 Å². The topological polar surface area (TPSA) is 70.3 Å². The molecule has 0 saturated carbocycles. The van der Waals surface area contributed by atoms with E-state index in [1.165, 1.54) is 12.1 Å². The van der Waals surface area contributed by atoms with Crippen LogP contribution in [0.3, 0.4) is 0 Å². The Hall–Kier alpha value is -1.86. The van der Waals surface area contributed by atoms with Crippen LogP contribution in [0.2, 0.25) is 0 Å². The van der Waals surface area contributed by atoms with Gasteiger partial charge in [-0.15, -0.1) is 0 Å². The number of hydrogen-bond acceptors (Lipinski definition) is 4. The van der Waals surface area contributed by atoms with E-state index >= 15 is 0 Å². The van der Waals surface area contributed by atoms with E-state index in [-0.39, 0.29) is 17.7 Å². The fourth-order valence-electron chi connectivity index (χ4n) is 1.29. The summed E-state index contributed by atoms with van der Waals surface area (Å²) in [6, 6.07) is 6.51. The number of carbonyl (C=O) groups excluding carboxylic acids is 1. The van der Waals surface area contributed by atoms with Gasteiger partial charge in [-0.1, -0.05) is 6.07 Å². The smallest absolute Gasteiger partial charge is 0.339 e. The van der Waals surface area contributed by atoms with E-state index in [1.54, 1.807) is 26.8 Å². The number of rotatable bonds is 2. The maximum absolute atomic E-state index is 11.8. The summed E-state index contributed by atoms with van der Waals surface area (Å²) in [4.78, 5) is 11.8. The lowest BCUT2D eigenvalue weighted by Gasteiger charge is -2.19. The summed E-state index contributed by atoms with van der Waals surface area (Å²) in [6.45, 7) is 5.13. The molecule has 4 heteroatoms. The summed E-state index contributed by atoms with van der Waals surface area (Å²) < 4.78 is 5.19. The molecule has 0 aromatic heterocycles. The molecule has 17 heavy (non-hydrogen) atoms. The first-order chi connectivity index (χ1) is 7.87. The second-order valence-corrected chi connectivity index (χ2v) is 4.65. The first-order valence-electron chi connectivity index (χ1n) is 5.24. The van der Waals surface area contributed by atoms with Gasteiger partial charge >= 0.3 is 5.97 Å². The highest BCUT2D eigenvalue weighted by Gasteiger charge is 2.20. The van der Waals surface area contributed by atoms with Crippen LogP contribution in [0.5, 0.6) is 0 Å². The van der Waals surface area contributed by atoms with Crippen molar-refractivity contribution in [2.45, 2.75) is 33.0 Å². The van der Waals surface area contributed by atoms with Gasteiger partial charge in [-0.2, -0.15) is 5.26 Å². The maximum Gasteiger partial charge on any atom is 0.339 e. The lowest BCUT2D eigenvalue weighted by atomic mass is 10.0. The molecule has 1 aromatic carbocycles. The van der Waals surface area contributed by atoms with Crippen molar-refractivity contribution in [2.75, 3.05) is 0 Å². The largest absolute Gasteiger partial charge is 0.456 e. The molecule has 4 nitrogen and oxygen atoms in total. The molecule has 90 valence electrons. The monoisotopic (exact) mass is 233 g/mol. The first-order valence-corrected chi connectivity index (χ1v) is 5.24. The number of aliphatic hydroxyl groups is 1. The van der Waals surface area contributed by atoms with Crippen LogP contribution in [-0.4, -0.2) is 16.7 Å². The minimum absolute atomic E-state index is 0.163. The Morgan fingerprint density at radius 3 is 2.59 bits per heavy atom. The van der Waals surface area contributed by atoms with Crippen molar-refractivity contribution in [3.8, 4) is 6.07 Å². The molecule has 0 heterocycles. The lowest BCUT2D eigenvalue weighted by Crippen LogP contribution is -2.24. The second kappa shape index (κ2) is 4.98. The number of aliphatic hydroxyl groups excluding tert-OH is 1. The number of ether oxygens (including phenoxy) is 1. The molecule has 0 amide bonds. The molecule has 0 bridgehead atoms. The molecule has 0 atom stereocenters. The minimum Gasteiger partial charge on any atom is -0.456 e. The fraction of sp³-hybridized carbons (Fsp3) is 0.385. The molecule has 0 spiro atoms. The van der Waals surface area contributed by atoms with Gasteiger partial charge in [0.1, 0.15) is 11.7 Å². The Morgan fingerprint density at radius 1 is 1.47 bits per heavy atom. The normalized spacial score (nSPS) is 10.8. The van der Waals surface area contributed by atoms with Crippen molar-refractivity contribution < 1.29 is 14.6 Å². The molecule has 0 saturated heterocycles. The van der Waals surface area contributed by atoms with Gasteiger partial charge in [0.05, 0.1) is 17.7 Å². The van der Waals surface area contributed by atoms with Crippen molar-refractivity contribution in [3.63, 3.8) is 0 Å². The Kier molecular flexibility index (Phi) is 3.87. The molecular formula is C13H15NO3. The molecule has 1 rings (SSSR count). The molecule has 0 aliphatic heterocycles. The van der Waals surface area contributed by atoms with Gasteiger partial charge in [0, 0.05) is 0 Å². The molecule has 0 unspecified atom stereocenters. The zero-order valence-electron chi connectivity index (χ0n) is 10.2. The average molecular weight is 233 g/mol. The van der Waals surface area contributed by atoms with E-state index in [1.807, 2.05) is 6.07 Å². The van der Waals surface area contributed by atoms with Crippen LogP contribution >= 0.6 is 0 Å². The Bertz CT molecular complexity index is 467. The van der Waals surface area contributed by atoms with E-state index in [2.05, 4.69) is 0 Å². The Balaban J connectivity index is 3.07. The van der Waals surface area contributed by atoms with Gasteiger partial charge < -0.3 is 9.84 Å². The SMILES string of the molecule is CC(C)(C)OC(=O)c1ccc(CO)cc1C#N. The van der Waals surface area contributed by atoms with E-state index in [9.17, 15) is 4.79 Å². The van der Waals surface area contributed by atoms with E-state index in [0.29, 0.717) is 5.56 Å². The molecule has 0 aliphatic rings. The van der Waals surface area contributed by atoms with E-state index in [4.69, 9.17) is 15.1 Å². The van der Waals surface area contributed by atoms with Crippen molar-refractivity contribution in [3.05, 3.63) is 34.9 Å². The third kappa shape index (κ3) is 3.58. The van der Waals surface area contributed by atoms with Crippen molar-refractivity contribution in [2.24, 2.45) is 0 Å². The van der Waals surface area contributed by atoms with Crippen LogP contribution in [-0.2, 0) is 11.3 Å². The van der Waals surface area contributed by atoms with E-state index in [0.717, 1.165) is 0 Å². The summed E-state index contributed by atoms with van der Waals surface area (Å²) in [5.74, 6) is -0.529. The van der Waals surface area contributed by atoms with Gasteiger partial charge in [0.2, 0.25) is 0 Å². The number of esters is 1.